The van der Waals surface area contributed by atoms with Crippen molar-refractivity contribution in [2.45, 2.75) is 39.0 Å². The van der Waals surface area contributed by atoms with Gasteiger partial charge in [0.2, 0.25) is 0 Å². The third-order valence-corrected chi connectivity index (χ3v) is 6.91. The van der Waals surface area contributed by atoms with E-state index in [1.807, 2.05) is 13.8 Å². The van der Waals surface area contributed by atoms with Crippen LogP contribution in [0.3, 0.4) is 0 Å². The van der Waals surface area contributed by atoms with Crippen molar-refractivity contribution in [2.24, 2.45) is 18.6 Å². The third-order valence-electron chi connectivity index (χ3n) is 6.91. The number of hydrogen-bond acceptors (Lipinski definition) is 7. The average Bonchev–Trinajstić information content (AvgIpc) is 3.21. The van der Waals surface area contributed by atoms with E-state index in [9.17, 15) is 23.1 Å². The molecule has 0 radical (unpaired) electrons. The lowest BCUT2D eigenvalue weighted by molar-refractivity contribution is -0.137. The van der Waals surface area contributed by atoms with Crippen molar-refractivity contribution in [1.82, 2.24) is 9.78 Å². The monoisotopic (exact) mass is 543 g/mol. The summed E-state index contributed by atoms with van der Waals surface area (Å²) >= 11 is 0. The van der Waals surface area contributed by atoms with E-state index in [4.69, 9.17) is 11.6 Å². The number of carbonyl (C=O) groups is 1. The van der Waals surface area contributed by atoms with Gasteiger partial charge in [-0.25, -0.2) is 5.84 Å². The lowest BCUT2D eigenvalue weighted by Crippen LogP contribution is -2.36. The highest BCUT2D eigenvalue weighted by Crippen LogP contribution is 2.35. The molecular formula is C27H32F3N7O2. The molecule has 0 unspecified atom stereocenters. The van der Waals surface area contributed by atoms with Crippen LogP contribution in [0.1, 0.15) is 45.6 Å². The van der Waals surface area contributed by atoms with E-state index >= 15 is 0 Å². The number of rotatable bonds is 6. The number of nitrogens with two attached hydrogens (primary N) is 2. The van der Waals surface area contributed by atoms with Gasteiger partial charge in [-0.1, -0.05) is 6.07 Å². The molecular weight excluding hydrogens is 511 g/mol. The van der Waals surface area contributed by atoms with Gasteiger partial charge in [0.15, 0.2) is 0 Å². The molecule has 1 amide bonds. The van der Waals surface area contributed by atoms with E-state index < -0.39 is 23.8 Å². The number of aromatic nitrogens is 2. The summed E-state index contributed by atoms with van der Waals surface area (Å²) in [5, 5.41) is 17.8. The fraction of sp³-hybridized carbons (Fsp3) is 0.333. The van der Waals surface area contributed by atoms with Crippen LogP contribution in [-0.4, -0.2) is 40.0 Å². The number of carbonyl (C=O) groups excluding carboxylic acids is 1. The number of aliphatic hydroxyl groups excluding tert-OH is 1. The molecule has 3 aromatic rings. The average molecular weight is 544 g/mol. The molecule has 9 nitrogen and oxygen atoms in total. The predicted molar refractivity (Wildman–Crippen MR) is 145 cm³/mol. The minimum atomic E-state index is -4.60. The van der Waals surface area contributed by atoms with Crippen LogP contribution in [0.2, 0.25) is 0 Å². The molecule has 4 rings (SSSR count). The lowest BCUT2D eigenvalue weighted by Gasteiger charge is -2.32. The maximum atomic E-state index is 13.7. The van der Waals surface area contributed by atoms with Crippen molar-refractivity contribution in [2.75, 3.05) is 28.3 Å². The second-order valence-electron chi connectivity index (χ2n) is 9.70. The first-order valence-corrected chi connectivity index (χ1v) is 12.4. The van der Waals surface area contributed by atoms with Crippen LogP contribution in [0.5, 0.6) is 0 Å². The molecule has 0 atom stereocenters. The first kappa shape index (κ1) is 28.0. The number of hydrogen-bond donors (Lipinski definition) is 4. The van der Waals surface area contributed by atoms with Gasteiger partial charge in [0.05, 0.1) is 29.2 Å². The Labute approximate surface area is 224 Å². The summed E-state index contributed by atoms with van der Waals surface area (Å²) in [6, 6.07) is 8.29. The minimum absolute atomic E-state index is 0.0128. The topological polar surface area (TPSA) is 126 Å². The van der Waals surface area contributed by atoms with Crippen molar-refractivity contribution < 1.29 is 23.1 Å². The standard InChI is InChI=1S/C27H32F3N7O2/c1-16-4-5-18(10-25(16)37(32)15-24(31)23-14-33-35(3)17(23)2)26(39)34-20-11-19(27(28,29)30)12-21(13-20)36-8-6-22(38)7-9-36/h4-5,10-15,22,38H,6-9,31-32H2,1-3H3,(H,34,39)/b24-15-. The summed E-state index contributed by atoms with van der Waals surface area (Å²) in [5.41, 5.74) is 9.09. The Hall–Kier alpha value is -4.03. The molecule has 1 saturated heterocycles. The second-order valence-corrected chi connectivity index (χ2v) is 9.70. The number of piperidine rings is 1. The zero-order valence-corrected chi connectivity index (χ0v) is 22.0. The van der Waals surface area contributed by atoms with E-state index in [1.165, 1.54) is 17.3 Å². The quantitative estimate of drug-likeness (QED) is 0.274. The Bertz CT molecular complexity index is 1390. The maximum Gasteiger partial charge on any atom is 0.416 e. The SMILES string of the molecule is Cc1ccc(C(=O)Nc2cc(N3CCC(O)CC3)cc(C(F)(F)F)c2)cc1N(N)/C=C(\N)c1cnn(C)c1C. The van der Waals surface area contributed by atoms with Gasteiger partial charge in [0, 0.05) is 54.5 Å². The normalized spacial score (nSPS) is 15.0. The number of nitrogens with zero attached hydrogens (tertiary/aromatic N) is 4. The molecule has 2 aromatic carbocycles. The van der Waals surface area contributed by atoms with Crippen molar-refractivity contribution in [3.63, 3.8) is 0 Å². The molecule has 12 heteroatoms. The van der Waals surface area contributed by atoms with Crippen LogP contribution < -0.4 is 26.8 Å². The van der Waals surface area contributed by atoms with Crippen LogP contribution in [0.25, 0.3) is 5.70 Å². The Morgan fingerprint density at radius 1 is 1.18 bits per heavy atom. The van der Waals surface area contributed by atoms with Gasteiger partial charge in [-0.05, 0) is 62.6 Å². The molecule has 0 spiro atoms. The number of benzene rings is 2. The van der Waals surface area contributed by atoms with Crippen molar-refractivity contribution in [1.29, 1.82) is 0 Å². The molecule has 6 N–H and O–H groups in total. The van der Waals surface area contributed by atoms with E-state index in [-0.39, 0.29) is 11.3 Å². The Kier molecular flexibility index (Phi) is 7.89. The largest absolute Gasteiger partial charge is 0.416 e. The van der Waals surface area contributed by atoms with Crippen molar-refractivity contribution in [3.8, 4) is 0 Å². The number of halogens is 3. The van der Waals surface area contributed by atoms with Gasteiger partial charge in [0.25, 0.3) is 5.91 Å². The summed E-state index contributed by atoms with van der Waals surface area (Å²) in [5.74, 6) is 5.67. The molecule has 0 aliphatic carbocycles. The minimum Gasteiger partial charge on any atom is -0.397 e. The number of alkyl halides is 3. The zero-order chi connectivity index (χ0) is 28.5. The molecule has 1 aliphatic rings. The van der Waals surface area contributed by atoms with E-state index in [2.05, 4.69) is 10.4 Å². The number of anilines is 3. The summed E-state index contributed by atoms with van der Waals surface area (Å²) in [7, 11) is 1.79. The van der Waals surface area contributed by atoms with Crippen LogP contribution >= 0.6 is 0 Å². The molecule has 0 bridgehead atoms. The van der Waals surface area contributed by atoms with E-state index in [0.717, 1.165) is 23.4 Å². The fourth-order valence-electron chi connectivity index (χ4n) is 4.46. The van der Waals surface area contributed by atoms with Crippen LogP contribution in [0, 0.1) is 13.8 Å². The smallest absolute Gasteiger partial charge is 0.397 e. The van der Waals surface area contributed by atoms with Crippen molar-refractivity contribution >= 4 is 28.7 Å². The number of nitrogens with one attached hydrogen (secondary N) is 1. The molecule has 2 heterocycles. The highest BCUT2D eigenvalue weighted by Gasteiger charge is 2.32. The molecule has 0 saturated carbocycles. The van der Waals surface area contributed by atoms with E-state index in [1.54, 1.807) is 41.0 Å². The molecule has 1 fully saturated rings. The van der Waals surface area contributed by atoms with Gasteiger partial charge in [-0.3, -0.25) is 14.5 Å². The Morgan fingerprint density at radius 2 is 1.87 bits per heavy atom. The van der Waals surface area contributed by atoms with Crippen LogP contribution in [0.15, 0.2) is 48.8 Å². The number of amides is 1. The molecule has 1 aromatic heterocycles. The Morgan fingerprint density at radius 3 is 2.49 bits per heavy atom. The molecule has 208 valence electrons. The third kappa shape index (κ3) is 6.35. The van der Waals surface area contributed by atoms with Gasteiger partial charge in [0.1, 0.15) is 0 Å². The first-order chi connectivity index (χ1) is 18.3. The maximum absolute atomic E-state index is 13.7. The predicted octanol–water partition coefficient (Wildman–Crippen LogP) is 3.91. The number of aliphatic hydroxyl groups is 1. The number of aryl methyl sites for hydroxylation is 2. The zero-order valence-electron chi connectivity index (χ0n) is 22.0. The van der Waals surface area contributed by atoms with Crippen LogP contribution in [0.4, 0.5) is 30.2 Å². The van der Waals surface area contributed by atoms with Gasteiger partial charge in [-0.15, -0.1) is 0 Å². The first-order valence-electron chi connectivity index (χ1n) is 12.4. The van der Waals surface area contributed by atoms with Crippen LogP contribution in [-0.2, 0) is 13.2 Å². The lowest BCUT2D eigenvalue weighted by atomic mass is 10.1. The summed E-state index contributed by atoms with van der Waals surface area (Å²) in [6.45, 7) is 4.51. The van der Waals surface area contributed by atoms with Crippen molar-refractivity contribution in [3.05, 3.63) is 76.7 Å². The summed E-state index contributed by atoms with van der Waals surface area (Å²) in [6.07, 6.45) is -1.01. The van der Waals surface area contributed by atoms with Gasteiger partial charge in [-0.2, -0.15) is 18.3 Å². The number of hydrazine groups is 1. The molecule has 1 aliphatic heterocycles. The highest BCUT2D eigenvalue weighted by molar-refractivity contribution is 6.05. The highest BCUT2D eigenvalue weighted by atomic mass is 19.4. The Balaban J connectivity index is 1.59. The molecule has 39 heavy (non-hydrogen) atoms. The fourth-order valence-corrected chi connectivity index (χ4v) is 4.46. The summed E-state index contributed by atoms with van der Waals surface area (Å²) in [4.78, 5) is 14.9. The van der Waals surface area contributed by atoms with Gasteiger partial charge < -0.3 is 21.1 Å². The summed E-state index contributed by atoms with van der Waals surface area (Å²) < 4.78 is 42.7. The van der Waals surface area contributed by atoms with E-state index in [0.29, 0.717) is 48.6 Å². The van der Waals surface area contributed by atoms with Gasteiger partial charge >= 0.3 is 6.18 Å². The second kappa shape index (κ2) is 11.0.